The van der Waals surface area contributed by atoms with Gasteiger partial charge in [0.05, 0.1) is 0 Å². The first-order chi connectivity index (χ1) is 11.2. The van der Waals surface area contributed by atoms with Crippen molar-refractivity contribution >= 4 is 29.9 Å². The zero-order valence-corrected chi connectivity index (χ0v) is 17.6. The Morgan fingerprint density at radius 2 is 2.00 bits per heavy atom. The van der Waals surface area contributed by atoms with Gasteiger partial charge in [0.1, 0.15) is 0 Å². The highest BCUT2D eigenvalue weighted by molar-refractivity contribution is 14.0. The SMILES string of the molecule is CCNC(=NCC(CC)(CC)CCO)NCCCn1cccn1.I. The Hall–Kier alpha value is -0.830. The summed E-state index contributed by atoms with van der Waals surface area (Å²) in [5.41, 5.74) is 0.103. The fourth-order valence-electron chi connectivity index (χ4n) is 2.61. The third kappa shape index (κ3) is 8.32. The molecule has 1 heterocycles. The predicted octanol–water partition coefficient (Wildman–Crippen LogP) is 2.64. The molecule has 140 valence electrons. The first-order valence-corrected chi connectivity index (χ1v) is 8.80. The molecule has 6 nitrogen and oxygen atoms in total. The number of guanidine groups is 1. The van der Waals surface area contributed by atoms with Crippen LogP contribution in [-0.2, 0) is 6.54 Å². The van der Waals surface area contributed by atoms with Crippen molar-refractivity contribution in [2.45, 2.75) is 53.0 Å². The van der Waals surface area contributed by atoms with E-state index in [0.717, 1.165) is 57.8 Å². The lowest BCUT2D eigenvalue weighted by Gasteiger charge is -2.29. The lowest BCUT2D eigenvalue weighted by Crippen LogP contribution is -2.39. The normalized spacial score (nSPS) is 11.9. The van der Waals surface area contributed by atoms with Crippen LogP contribution in [0.2, 0.25) is 0 Å². The third-order valence-corrected chi connectivity index (χ3v) is 4.47. The summed E-state index contributed by atoms with van der Waals surface area (Å²) in [5, 5.41) is 20.2. The maximum atomic E-state index is 9.31. The largest absolute Gasteiger partial charge is 0.396 e. The van der Waals surface area contributed by atoms with Gasteiger partial charge in [0.15, 0.2) is 5.96 Å². The van der Waals surface area contributed by atoms with Crippen LogP contribution < -0.4 is 10.6 Å². The fourth-order valence-corrected chi connectivity index (χ4v) is 2.61. The van der Waals surface area contributed by atoms with Crippen molar-refractivity contribution in [3.8, 4) is 0 Å². The number of rotatable bonds is 11. The molecule has 7 heteroatoms. The quantitative estimate of drug-likeness (QED) is 0.209. The van der Waals surface area contributed by atoms with Crippen LogP contribution in [0.15, 0.2) is 23.5 Å². The van der Waals surface area contributed by atoms with Gasteiger partial charge in [-0.15, -0.1) is 24.0 Å². The standard InChI is InChI=1S/C17H33N5O.HI/c1-4-17(5-2,9-14-23)15-20-16(18-6-3)19-10-7-12-22-13-8-11-21-22;/h8,11,13,23H,4-7,9-10,12,14-15H2,1-3H3,(H2,18,19,20);1H. The van der Waals surface area contributed by atoms with Crippen LogP contribution in [0.25, 0.3) is 0 Å². The van der Waals surface area contributed by atoms with E-state index in [1.807, 2.05) is 16.9 Å². The fraction of sp³-hybridized carbons (Fsp3) is 0.765. The summed E-state index contributed by atoms with van der Waals surface area (Å²) in [4.78, 5) is 4.74. The molecule has 24 heavy (non-hydrogen) atoms. The highest BCUT2D eigenvalue weighted by atomic mass is 127. The van der Waals surface area contributed by atoms with Gasteiger partial charge in [0.25, 0.3) is 0 Å². The monoisotopic (exact) mass is 451 g/mol. The van der Waals surface area contributed by atoms with E-state index in [0.29, 0.717) is 0 Å². The highest BCUT2D eigenvalue weighted by Crippen LogP contribution is 2.30. The molecule has 0 aromatic carbocycles. The molecule has 0 radical (unpaired) electrons. The van der Waals surface area contributed by atoms with Crippen LogP contribution in [0.3, 0.4) is 0 Å². The molecule has 0 unspecified atom stereocenters. The lowest BCUT2D eigenvalue weighted by atomic mass is 9.79. The Morgan fingerprint density at radius 1 is 1.25 bits per heavy atom. The zero-order chi connectivity index (χ0) is 17.0. The molecule has 0 aliphatic rings. The van der Waals surface area contributed by atoms with E-state index in [1.165, 1.54) is 0 Å². The molecule has 1 rings (SSSR count). The minimum atomic E-state index is 0. The van der Waals surface area contributed by atoms with Gasteiger partial charge < -0.3 is 15.7 Å². The second-order valence-electron chi connectivity index (χ2n) is 5.93. The van der Waals surface area contributed by atoms with Crippen molar-refractivity contribution in [3.05, 3.63) is 18.5 Å². The lowest BCUT2D eigenvalue weighted by molar-refractivity contribution is 0.175. The number of aryl methyl sites for hydroxylation is 1. The van der Waals surface area contributed by atoms with E-state index in [-0.39, 0.29) is 36.0 Å². The zero-order valence-electron chi connectivity index (χ0n) is 15.3. The van der Waals surface area contributed by atoms with E-state index in [2.05, 4.69) is 36.5 Å². The maximum Gasteiger partial charge on any atom is 0.191 e. The number of halogens is 1. The van der Waals surface area contributed by atoms with Gasteiger partial charge in [-0.25, -0.2) is 0 Å². The molecule has 0 saturated heterocycles. The number of aliphatic hydroxyl groups excluding tert-OH is 1. The third-order valence-electron chi connectivity index (χ3n) is 4.47. The van der Waals surface area contributed by atoms with Gasteiger partial charge in [0, 0.05) is 45.2 Å². The molecule has 0 fully saturated rings. The molecule has 1 aromatic rings. The van der Waals surface area contributed by atoms with Gasteiger partial charge >= 0.3 is 0 Å². The Kier molecular flexibility index (Phi) is 13.0. The maximum absolute atomic E-state index is 9.31. The van der Waals surface area contributed by atoms with Crippen molar-refractivity contribution in [1.82, 2.24) is 20.4 Å². The van der Waals surface area contributed by atoms with Gasteiger partial charge in [-0.3, -0.25) is 9.67 Å². The van der Waals surface area contributed by atoms with Crippen LogP contribution in [0.5, 0.6) is 0 Å². The molecule has 0 atom stereocenters. The summed E-state index contributed by atoms with van der Waals surface area (Å²) < 4.78 is 1.94. The highest BCUT2D eigenvalue weighted by Gasteiger charge is 2.25. The molecule has 0 spiro atoms. The van der Waals surface area contributed by atoms with E-state index < -0.39 is 0 Å². The van der Waals surface area contributed by atoms with Gasteiger partial charge in [-0.05, 0) is 44.1 Å². The van der Waals surface area contributed by atoms with E-state index >= 15 is 0 Å². The number of aliphatic imine (C=N–C) groups is 1. The molecule has 0 aliphatic carbocycles. The average Bonchev–Trinajstić information content (AvgIpc) is 3.08. The number of nitrogens with one attached hydrogen (secondary N) is 2. The van der Waals surface area contributed by atoms with Crippen LogP contribution in [0, 0.1) is 5.41 Å². The number of hydrogen-bond donors (Lipinski definition) is 3. The average molecular weight is 451 g/mol. The number of aromatic nitrogens is 2. The number of aliphatic hydroxyl groups is 1. The Balaban J connectivity index is 0.00000529. The number of nitrogens with zero attached hydrogens (tertiary/aromatic N) is 3. The summed E-state index contributed by atoms with van der Waals surface area (Å²) in [6.45, 7) is 10.0. The summed E-state index contributed by atoms with van der Waals surface area (Å²) in [6.07, 6.45) is 7.65. The Bertz CT molecular complexity index is 432. The van der Waals surface area contributed by atoms with Crippen molar-refractivity contribution < 1.29 is 5.11 Å². The van der Waals surface area contributed by atoms with E-state index in [4.69, 9.17) is 4.99 Å². The Morgan fingerprint density at radius 3 is 2.54 bits per heavy atom. The number of hydrogen-bond acceptors (Lipinski definition) is 3. The predicted molar refractivity (Wildman–Crippen MR) is 111 cm³/mol. The van der Waals surface area contributed by atoms with Gasteiger partial charge in [0.2, 0.25) is 0 Å². The van der Waals surface area contributed by atoms with Crippen LogP contribution >= 0.6 is 24.0 Å². The van der Waals surface area contributed by atoms with Crippen LogP contribution in [-0.4, -0.2) is 47.1 Å². The second-order valence-corrected chi connectivity index (χ2v) is 5.93. The van der Waals surface area contributed by atoms with Crippen molar-refractivity contribution in [3.63, 3.8) is 0 Å². The molecule has 0 saturated carbocycles. The topological polar surface area (TPSA) is 74.5 Å². The van der Waals surface area contributed by atoms with Gasteiger partial charge in [-0.1, -0.05) is 13.8 Å². The Labute approximate surface area is 163 Å². The smallest absolute Gasteiger partial charge is 0.191 e. The summed E-state index contributed by atoms with van der Waals surface area (Å²) in [6, 6.07) is 1.94. The first kappa shape index (κ1) is 23.2. The minimum absolute atomic E-state index is 0. The molecular formula is C17H34IN5O. The van der Waals surface area contributed by atoms with Crippen LogP contribution in [0.1, 0.15) is 46.5 Å². The summed E-state index contributed by atoms with van der Waals surface area (Å²) >= 11 is 0. The van der Waals surface area contributed by atoms with Gasteiger partial charge in [-0.2, -0.15) is 5.10 Å². The van der Waals surface area contributed by atoms with E-state index in [1.54, 1.807) is 6.20 Å². The second kappa shape index (κ2) is 13.5. The summed E-state index contributed by atoms with van der Waals surface area (Å²) in [5.74, 6) is 0.859. The first-order valence-electron chi connectivity index (χ1n) is 8.80. The van der Waals surface area contributed by atoms with Crippen molar-refractivity contribution in [2.75, 3.05) is 26.2 Å². The van der Waals surface area contributed by atoms with Crippen molar-refractivity contribution in [2.24, 2.45) is 10.4 Å². The summed E-state index contributed by atoms with van der Waals surface area (Å²) in [7, 11) is 0. The molecule has 0 amide bonds. The molecule has 0 bridgehead atoms. The molecule has 1 aromatic heterocycles. The van der Waals surface area contributed by atoms with Crippen LogP contribution in [0.4, 0.5) is 0 Å². The van der Waals surface area contributed by atoms with E-state index in [9.17, 15) is 5.11 Å². The molecular weight excluding hydrogens is 417 g/mol. The molecule has 0 aliphatic heterocycles. The molecule has 3 N–H and O–H groups in total. The minimum Gasteiger partial charge on any atom is -0.396 e. The van der Waals surface area contributed by atoms with Crippen molar-refractivity contribution in [1.29, 1.82) is 0 Å².